The van der Waals surface area contributed by atoms with Gasteiger partial charge in [-0.05, 0) is 0 Å². The fourth-order valence-electron chi connectivity index (χ4n) is 1.50. The molecule has 1 heterocycles. The van der Waals surface area contributed by atoms with Gasteiger partial charge in [0.1, 0.15) is 18.0 Å². The molecule has 0 radical (unpaired) electrons. The highest BCUT2D eigenvalue weighted by Gasteiger charge is 2.15. The summed E-state index contributed by atoms with van der Waals surface area (Å²) in [6.45, 7) is -0.147. The van der Waals surface area contributed by atoms with Gasteiger partial charge in [0.15, 0.2) is 11.6 Å². The third kappa shape index (κ3) is 3.12. The molecule has 20 heavy (non-hydrogen) atoms. The van der Waals surface area contributed by atoms with Gasteiger partial charge in [-0.15, -0.1) is 5.10 Å². The molecule has 9 heteroatoms. The number of nitrogens with zero attached hydrogens (tertiary/aromatic N) is 3. The van der Waals surface area contributed by atoms with Crippen molar-refractivity contribution in [1.82, 2.24) is 15.0 Å². The van der Waals surface area contributed by atoms with Gasteiger partial charge in [-0.1, -0.05) is 5.21 Å². The molecule has 3 N–H and O–H groups in total. The number of benzene rings is 1. The maximum Gasteiger partial charge on any atom is 0.246 e. The van der Waals surface area contributed by atoms with E-state index in [2.05, 4.69) is 10.3 Å². The van der Waals surface area contributed by atoms with Crippen molar-refractivity contribution in [3.63, 3.8) is 0 Å². The van der Waals surface area contributed by atoms with Crippen LogP contribution in [0.3, 0.4) is 0 Å². The maximum atomic E-state index is 13.3. The summed E-state index contributed by atoms with van der Waals surface area (Å²) < 4.78 is 40.5. The highest BCUT2D eigenvalue weighted by molar-refractivity contribution is 5.90. The number of hydrogen-bond acceptors (Lipinski definition) is 4. The van der Waals surface area contributed by atoms with E-state index in [1.54, 1.807) is 0 Å². The van der Waals surface area contributed by atoms with Crippen molar-refractivity contribution in [3.05, 3.63) is 41.5 Å². The fraction of sp³-hybridized carbons (Fsp3) is 0.182. The Bertz CT molecular complexity index is 620. The second kappa shape index (κ2) is 5.70. The molecule has 0 atom stereocenters. The number of nitrogens with two attached hydrogens (primary N) is 1. The minimum Gasteiger partial charge on any atom is -0.325 e. The zero-order chi connectivity index (χ0) is 14.7. The van der Waals surface area contributed by atoms with E-state index in [9.17, 15) is 18.0 Å². The Labute approximate surface area is 111 Å². The standard InChI is InChI=1S/C11H10F3N5O/c12-6-1-8(13)11(9(14)2-6)16-10(20)5-19-4-7(3-15)17-18-19/h1-2,4H,3,5,15H2,(H,16,20). The van der Waals surface area contributed by atoms with Crippen molar-refractivity contribution < 1.29 is 18.0 Å². The second-order valence-electron chi connectivity index (χ2n) is 3.90. The van der Waals surface area contributed by atoms with Crippen LogP contribution in [0.1, 0.15) is 5.69 Å². The Kier molecular flexibility index (Phi) is 3.99. The van der Waals surface area contributed by atoms with Crippen molar-refractivity contribution in [3.8, 4) is 0 Å². The third-order valence-electron chi connectivity index (χ3n) is 2.37. The number of nitrogens with one attached hydrogen (secondary N) is 1. The van der Waals surface area contributed by atoms with Crippen molar-refractivity contribution >= 4 is 11.6 Å². The van der Waals surface area contributed by atoms with E-state index < -0.39 is 29.0 Å². The van der Waals surface area contributed by atoms with E-state index in [0.717, 1.165) is 4.68 Å². The normalized spacial score (nSPS) is 10.6. The largest absolute Gasteiger partial charge is 0.325 e. The first kappa shape index (κ1) is 14.0. The minimum absolute atomic E-state index is 0.156. The highest BCUT2D eigenvalue weighted by atomic mass is 19.1. The zero-order valence-electron chi connectivity index (χ0n) is 10.1. The lowest BCUT2D eigenvalue weighted by molar-refractivity contribution is -0.117. The van der Waals surface area contributed by atoms with E-state index in [4.69, 9.17) is 5.73 Å². The van der Waals surface area contributed by atoms with Gasteiger partial charge >= 0.3 is 0 Å². The molecule has 0 saturated heterocycles. The van der Waals surface area contributed by atoms with E-state index in [-0.39, 0.29) is 13.1 Å². The lowest BCUT2D eigenvalue weighted by Gasteiger charge is -2.07. The van der Waals surface area contributed by atoms with Crippen LogP contribution in [-0.2, 0) is 17.9 Å². The van der Waals surface area contributed by atoms with Gasteiger partial charge in [-0.25, -0.2) is 17.9 Å². The smallest absolute Gasteiger partial charge is 0.246 e. The molecule has 1 amide bonds. The van der Waals surface area contributed by atoms with Gasteiger partial charge in [0, 0.05) is 18.7 Å². The molecule has 0 aliphatic rings. The summed E-state index contributed by atoms with van der Waals surface area (Å²) in [6.07, 6.45) is 1.43. The van der Waals surface area contributed by atoms with Gasteiger partial charge in [0.05, 0.1) is 11.9 Å². The molecule has 0 spiro atoms. The first-order chi connectivity index (χ1) is 9.49. The van der Waals surface area contributed by atoms with Gasteiger partial charge in [0.2, 0.25) is 5.91 Å². The average Bonchev–Trinajstić information content (AvgIpc) is 2.81. The molecule has 0 fully saturated rings. The van der Waals surface area contributed by atoms with Crippen LogP contribution in [-0.4, -0.2) is 20.9 Å². The van der Waals surface area contributed by atoms with Crippen LogP contribution in [0.2, 0.25) is 0 Å². The van der Waals surface area contributed by atoms with Crippen LogP contribution in [0.5, 0.6) is 0 Å². The molecule has 106 valence electrons. The molecule has 0 bridgehead atoms. The summed E-state index contributed by atoms with van der Waals surface area (Å²) in [7, 11) is 0. The number of amides is 1. The number of aromatic nitrogens is 3. The number of halogens is 3. The van der Waals surface area contributed by atoms with E-state index >= 15 is 0 Å². The van der Waals surface area contributed by atoms with Crippen molar-refractivity contribution in [2.75, 3.05) is 5.32 Å². The highest BCUT2D eigenvalue weighted by Crippen LogP contribution is 2.20. The van der Waals surface area contributed by atoms with Crippen molar-refractivity contribution in [2.45, 2.75) is 13.1 Å². The Morgan fingerprint density at radius 2 is 1.95 bits per heavy atom. The molecule has 2 rings (SSSR count). The summed E-state index contributed by atoms with van der Waals surface area (Å²) in [6, 6.07) is 0.946. The first-order valence-corrected chi connectivity index (χ1v) is 5.53. The number of rotatable bonds is 4. The Morgan fingerprint density at radius 1 is 1.30 bits per heavy atom. The monoisotopic (exact) mass is 285 g/mol. The first-order valence-electron chi connectivity index (χ1n) is 5.53. The number of hydrogen-bond donors (Lipinski definition) is 2. The maximum absolute atomic E-state index is 13.3. The molecule has 1 aromatic heterocycles. The fourth-order valence-corrected chi connectivity index (χ4v) is 1.50. The third-order valence-corrected chi connectivity index (χ3v) is 2.37. The lowest BCUT2D eigenvalue weighted by atomic mass is 10.2. The molecule has 0 unspecified atom stereocenters. The number of carbonyl (C=O) groups is 1. The van der Waals surface area contributed by atoms with Gasteiger partial charge in [0.25, 0.3) is 0 Å². The average molecular weight is 285 g/mol. The second-order valence-corrected chi connectivity index (χ2v) is 3.90. The summed E-state index contributed by atoms with van der Waals surface area (Å²) in [4.78, 5) is 11.6. The van der Waals surface area contributed by atoms with E-state index in [0.29, 0.717) is 17.8 Å². The quantitative estimate of drug-likeness (QED) is 0.869. The Balaban J connectivity index is 2.08. The van der Waals surface area contributed by atoms with Crippen LogP contribution in [0.25, 0.3) is 0 Å². The van der Waals surface area contributed by atoms with E-state index in [1.807, 2.05) is 5.32 Å². The summed E-state index contributed by atoms with van der Waals surface area (Å²) in [5, 5.41) is 9.26. The summed E-state index contributed by atoms with van der Waals surface area (Å²) in [5.41, 5.74) is 5.08. The van der Waals surface area contributed by atoms with Crippen LogP contribution < -0.4 is 11.1 Å². The Morgan fingerprint density at radius 3 is 2.50 bits per heavy atom. The molecular formula is C11H10F3N5O. The lowest BCUT2D eigenvalue weighted by Crippen LogP contribution is -2.20. The summed E-state index contributed by atoms with van der Waals surface area (Å²) in [5.74, 6) is -4.20. The minimum atomic E-state index is -1.20. The Hall–Kier alpha value is -2.42. The molecule has 2 aromatic rings. The van der Waals surface area contributed by atoms with Gasteiger partial charge < -0.3 is 11.1 Å². The molecule has 0 aliphatic carbocycles. The molecule has 6 nitrogen and oxygen atoms in total. The van der Waals surface area contributed by atoms with Crippen LogP contribution in [0.15, 0.2) is 18.3 Å². The van der Waals surface area contributed by atoms with Crippen LogP contribution in [0.4, 0.5) is 18.9 Å². The van der Waals surface area contributed by atoms with Gasteiger partial charge in [-0.2, -0.15) is 0 Å². The molecule has 0 saturated carbocycles. The summed E-state index contributed by atoms with van der Waals surface area (Å²) >= 11 is 0. The molecular weight excluding hydrogens is 275 g/mol. The van der Waals surface area contributed by atoms with Crippen LogP contribution >= 0.6 is 0 Å². The predicted octanol–water partition coefficient (Wildman–Crippen LogP) is 0.793. The van der Waals surface area contributed by atoms with Crippen LogP contribution in [0, 0.1) is 17.5 Å². The predicted molar refractivity (Wildman–Crippen MR) is 62.9 cm³/mol. The van der Waals surface area contributed by atoms with Crippen molar-refractivity contribution in [1.29, 1.82) is 0 Å². The van der Waals surface area contributed by atoms with Crippen molar-refractivity contribution in [2.24, 2.45) is 5.73 Å². The molecule has 1 aromatic carbocycles. The van der Waals surface area contributed by atoms with Gasteiger partial charge in [-0.3, -0.25) is 4.79 Å². The molecule has 0 aliphatic heterocycles. The number of anilines is 1. The number of carbonyl (C=O) groups excluding carboxylic acids is 1. The SMILES string of the molecule is NCc1cn(CC(=O)Nc2c(F)cc(F)cc2F)nn1. The van der Waals surface area contributed by atoms with E-state index in [1.165, 1.54) is 6.20 Å². The zero-order valence-corrected chi connectivity index (χ0v) is 10.1. The topological polar surface area (TPSA) is 85.8 Å².